The van der Waals surface area contributed by atoms with Gasteiger partial charge >= 0.3 is 0 Å². The molecule has 2 aromatic heterocycles. The van der Waals surface area contributed by atoms with E-state index in [0.717, 1.165) is 49.2 Å². The van der Waals surface area contributed by atoms with Crippen LogP contribution in [0, 0.1) is 0 Å². The molecule has 1 aromatic carbocycles. The summed E-state index contributed by atoms with van der Waals surface area (Å²) in [5, 5.41) is 4.03. The third-order valence-electron chi connectivity index (χ3n) is 4.93. The SMILES string of the molecule is O=C(NCCN1CCC(Oc2cccc3ccoc23)CC1)c1ccncc1. The van der Waals surface area contributed by atoms with Crippen LogP contribution in [0.15, 0.2) is 59.5 Å². The first-order chi connectivity index (χ1) is 13.3. The third kappa shape index (κ3) is 4.28. The van der Waals surface area contributed by atoms with Gasteiger partial charge in [0.25, 0.3) is 5.91 Å². The number of nitrogens with zero attached hydrogens (tertiary/aromatic N) is 2. The van der Waals surface area contributed by atoms with Crippen molar-refractivity contribution in [3.63, 3.8) is 0 Å². The Hall–Kier alpha value is -2.86. The molecule has 1 fully saturated rings. The zero-order chi connectivity index (χ0) is 18.5. The van der Waals surface area contributed by atoms with E-state index in [-0.39, 0.29) is 12.0 Å². The maximum atomic E-state index is 12.0. The van der Waals surface area contributed by atoms with Crippen molar-refractivity contribution in [3.05, 3.63) is 60.6 Å². The summed E-state index contributed by atoms with van der Waals surface area (Å²) in [6.45, 7) is 3.41. The Morgan fingerprint density at radius 1 is 1.19 bits per heavy atom. The van der Waals surface area contributed by atoms with E-state index in [1.165, 1.54) is 0 Å². The molecule has 1 amide bonds. The molecule has 1 saturated heterocycles. The van der Waals surface area contributed by atoms with Crippen LogP contribution in [0.4, 0.5) is 0 Å². The average Bonchev–Trinajstić information content (AvgIpc) is 3.20. The van der Waals surface area contributed by atoms with Gasteiger partial charge in [-0.3, -0.25) is 9.78 Å². The normalized spacial score (nSPS) is 15.7. The molecule has 1 aliphatic rings. The number of piperidine rings is 1. The number of likely N-dealkylation sites (tertiary alicyclic amines) is 1. The number of carbonyl (C=O) groups is 1. The van der Waals surface area contributed by atoms with Crippen molar-refractivity contribution < 1.29 is 13.9 Å². The summed E-state index contributed by atoms with van der Waals surface area (Å²) in [5.74, 6) is 0.766. The Balaban J connectivity index is 1.21. The van der Waals surface area contributed by atoms with Gasteiger partial charge in [0.2, 0.25) is 0 Å². The largest absolute Gasteiger partial charge is 0.486 e. The van der Waals surface area contributed by atoms with E-state index in [1.54, 1.807) is 30.8 Å². The standard InChI is InChI=1S/C21H23N3O3/c25-21(17-4-9-22-10-5-17)23-11-14-24-12-6-18(7-13-24)27-19-3-1-2-16-8-15-26-20(16)19/h1-5,8-10,15,18H,6-7,11-14H2,(H,23,25). The van der Waals surface area contributed by atoms with Gasteiger partial charge in [0.1, 0.15) is 6.10 Å². The van der Waals surface area contributed by atoms with Crippen LogP contribution in [0.5, 0.6) is 5.75 Å². The first-order valence-electron chi connectivity index (χ1n) is 9.33. The number of fused-ring (bicyclic) bond motifs is 1. The highest BCUT2D eigenvalue weighted by Gasteiger charge is 2.21. The van der Waals surface area contributed by atoms with Crippen molar-refractivity contribution in [3.8, 4) is 5.75 Å². The van der Waals surface area contributed by atoms with Gasteiger partial charge in [0.15, 0.2) is 11.3 Å². The minimum Gasteiger partial charge on any atom is -0.486 e. The van der Waals surface area contributed by atoms with E-state index in [0.29, 0.717) is 12.1 Å². The number of nitrogens with one attached hydrogen (secondary N) is 1. The number of carbonyl (C=O) groups excluding carboxylic acids is 1. The van der Waals surface area contributed by atoms with Crippen LogP contribution in [0.1, 0.15) is 23.2 Å². The number of rotatable bonds is 6. The van der Waals surface area contributed by atoms with Crippen molar-refractivity contribution in [2.24, 2.45) is 0 Å². The minimum atomic E-state index is -0.0536. The zero-order valence-corrected chi connectivity index (χ0v) is 15.1. The second-order valence-electron chi connectivity index (χ2n) is 6.75. The van der Waals surface area contributed by atoms with E-state index in [4.69, 9.17) is 9.15 Å². The smallest absolute Gasteiger partial charge is 0.251 e. The summed E-state index contributed by atoms with van der Waals surface area (Å²) in [5.41, 5.74) is 1.46. The fourth-order valence-electron chi connectivity index (χ4n) is 3.42. The molecule has 6 heteroatoms. The highest BCUT2D eigenvalue weighted by molar-refractivity contribution is 5.93. The van der Waals surface area contributed by atoms with Gasteiger partial charge in [0.05, 0.1) is 6.26 Å². The molecule has 27 heavy (non-hydrogen) atoms. The second-order valence-corrected chi connectivity index (χ2v) is 6.75. The van der Waals surface area contributed by atoms with Crippen molar-refractivity contribution >= 4 is 16.9 Å². The zero-order valence-electron chi connectivity index (χ0n) is 15.1. The number of pyridine rings is 1. The Kier molecular flexibility index (Phi) is 5.34. The topological polar surface area (TPSA) is 67.6 Å². The van der Waals surface area contributed by atoms with Crippen LogP contribution in [-0.4, -0.2) is 48.1 Å². The Bertz CT molecular complexity index is 886. The molecule has 0 bridgehead atoms. The number of para-hydroxylation sites is 1. The molecule has 4 rings (SSSR count). The molecule has 0 aliphatic carbocycles. The summed E-state index contributed by atoms with van der Waals surface area (Å²) in [4.78, 5) is 18.3. The number of benzene rings is 1. The number of ether oxygens (including phenoxy) is 1. The lowest BCUT2D eigenvalue weighted by Crippen LogP contribution is -2.42. The number of amides is 1. The van der Waals surface area contributed by atoms with Crippen molar-refractivity contribution in [1.82, 2.24) is 15.2 Å². The van der Waals surface area contributed by atoms with Crippen LogP contribution in [-0.2, 0) is 0 Å². The molecule has 3 aromatic rings. The van der Waals surface area contributed by atoms with Gasteiger partial charge in [-0.05, 0) is 37.1 Å². The molecule has 0 saturated carbocycles. The Morgan fingerprint density at radius 2 is 2.00 bits per heavy atom. The fraction of sp³-hybridized carbons (Fsp3) is 0.333. The lowest BCUT2D eigenvalue weighted by molar-refractivity contribution is 0.0906. The van der Waals surface area contributed by atoms with E-state index >= 15 is 0 Å². The maximum Gasteiger partial charge on any atom is 0.251 e. The van der Waals surface area contributed by atoms with Gasteiger partial charge in [-0.2, -0.15) is 0 Å². The lowest BCUT2D eigenvalue weighted by Gasteiger charge is -2.32. The second kappa shape index (κ2) is 8.22. The van der Waals surface area contributed by atoms with Crippen LogP contribution >= 0.6 is 0 Å². The number of furan rings is 1. The molecular formula is C21H23N3O3. The molecule has 1 aliphatic heterocycles. The first-order valence-corrected chi connectivity index (χ1v) is 9.33. The number of hydrogen-bond acceptors (Lipinski definition) is 5. The summed E-state index contributed by atoms with van der Waals surface area (Å²) in [6.07, 6.45) is 7.08. The van der Waals surface area contributed by atoms with Gasteiger partial charge in [-0.1, -0.05) is 12.1 Å². The molecule has 140 valence electrons. The predicted octanol–water partition coefficient (Wildman–Crippen LogP) is 3.10. The van der Waals surface area contributed by atoms with Crippen LogP contribution < -0.4 is 10.1 Å². The molecule has 1 N–H and O–H groups in total. The summed E-state index contributed by atoms with van der Waals surface area (Å²) >= 11 is 0. The molecular weight excluding hydrogens is 342 g/mol. The molecule has 0 spiro atoms. The van der Waals surface area contributed by atoms with Gasteiger partial charge in [-0.25, -0.2) is 0 Å². The molecule has 6 nitrogen and oxygen atoms in total. The summed E-state index contributed by atoms with van der Waals surface area (Å²) < 4.78 is 11.7. The highest BCUT2D eigenvalue weighted by atomic mass is 16.5. The van der Waals surface area contributed by atoms with E-state index in [1.807, 2.05) is 24.3 Å². The van der Waals surface area contributed by atoms with E-state index < -0.39 is 0 Å². The predicted molar refractivity (Wildman–Crippen MR) is 103 cm³/mol. The average molecular weight is 365 g/mol. The van der Waals surface area contributed by atoms with Crippen molar-refractivity contribution in [2.75, 3.05) is 26.2 Å². The molecule has 0 atom stereocenters. The van der Waals surface area contributed by atoms with Gasteiger partial charge in [-0.15, -0.1) is 0 Å². The van der Waals surface area contributed by atoms with E-state index in [2.05, 4.69) is 15.2 Å². The van der Waals surface area contributed by atoms with Crippen molar-refractivity contribution in [2.45, 2.75) is 18.9 Å². The molecule has 0 radical (unpaired) electrons. The summed E-state index contributed by atoms with van der Waals surface area (Å²) in [7, 11) is 0. The highest BCUT2D eigenvalue weighted by Crippen LogP contribution is 2.28. The monoisotopic (exact) mass is 365 g/mol. The lowest BCUT2D eigenvalue weighted by atomic mass is 10.1. The van der Waals surface area contributed by atoms with Gasteiger partial charge < -0.3 is 19.4 Å². The fourth-order valence-corrected chi connectivity index (χ4v) is 3.42. The van der Waals surface area contributed by atoms with Gasteiger partial charge in [0, 0.05) is 49.5 Å². The van der Waals surface area contributed by atoms with Crippen molar-refractivity contribution in [1.29, 1.82) is 0 Å². The minimum absolute atomic E-state index is 0.0536. The maximum absolute atomic E-state index is 12.0. The Morgan fingerprint density at radius 3 is 2.81 bits per heavy atom. The number of hydrogen-bond donors (Lipinski definition) is 1. The molecule has 3 heterocycles. The van der Waals surface area contributed by atoms with Crippen LogP contribution in [0.25, 0.3) is 11.0 Å². The molecule has 0 unspecified atom stereocenters. The number of aromatic nitrogens is 1. The summed E-state index contributed by atoms with van der Waals surface area (Å²) in [6, 6.07) is 11.4. The van der Waals surface area contributed by atoms with Crippen LogP contribution in [0.3, 0.4) is 0 Å². The Labute approximate surface area is 158 Å². The van der Waals surface area contributed by atoms with E-state index in [9.17, 15) is 4.79 Å². The third-order valence-corrected chi connectivity index (χ3v) is 4.93. The quantitative estimate of drug-likeness (QED) is 0.727. The van der Waals surface area contributed by atoms with Crippen LogP contribution in [0.2, 0.25) is 0 Å². The first kappa shape index (κ1) is 17.5.